The predicted molar refractivity (Wildman–Crippen MR) is 77.5 cm³/mol. The zero-order chi connectivity index (χ0) is 15.8. The lowest BCUT2D eigenvalue weighted by Gasteiger charge is -2.47. The van der Waals surface area contributed by atoms with Crippen molar-refractivity contribution < 1.29 is 14.4 Å². The Labute approximate surface area is 125 Å². The fourth-order valence-corrected chi connectivity index (χ4v) is 2.80. The lowest BCUT2D eigenvalue weighted by atomic mass is 9.92. The van der Waals surface area contributed by atoms with E-state index in [9.17, 15) is 14.4 Å². The fourth-order valence-electron chi connectivity index (χ4n) is 2.80. The molecule has 0 radical (unpaired) electrons. The average molecular weight is 296 g/mol. The van der Waals surface area contributed by atoms with E-state index in [4.69, 9.17) is 0 Å². The van der Waals surface area contributed by atoms with Crippen molar-refractivity contribution >= 4 is 17.7 Å². The maximum Gasteiger partial charge on any atom is 0.252 e. The highest BCUT2D eigenvalue weighted by molar-refractivity contribution is 6.07. The minimum atomic E-state index is -1.02. The summed E-state index contributed by atoms with van der Waals surface area (Å²) in [6, 6.07) is 0. The minimum absolute atomic E-state index is 0.0763. The Kier molecular flexibility index (Phi) is 4.08. The van der Waals surface area contributed by atoms with E-state index in [0.717, 1.165) is 26.2 Å². The zero-order valence-corrected chi connectivity index (χ0v) is 13.2. The number of imide groups is 1. The quantitative estimate of drug-likeness (QED) is 0.635. The number of nitrogens with zero attached hydrogens (tertiary/aromatic N) is 2. The van der Waals surface area contributed by atoms with Crippen molar-refractivity contribution in [1.29, 1.82) is 0 Å². The van der Waals surface area contributed by atoms with Gasteiger partial charge in [0.05, 0.1) is 5.54 Å². The first-order valence-corrected chi connectivity index (χ1v) is 7.29. The molecule has 0 saturated carbocycles. The Morgan fingerprint density at radius 1 is 1.19 bits per heavy atom. The van der Waals surface area contributed by atoms with Crippen molar-refractivity contribution in [3.8, 4) is 0 Å². The SMILES string of the molecule is CC(C)(C(=O)N1CC(=O)NC(=O)C1(C)C)N1CCNCC1. The molecule has 3 amide bonds. The first-order chi connectivity index (χ1) is 9.67. The molecule has 0 aromatic heterocycles. The van der Waals surface area contributed by atoms with Gasteiger partial charge in [0.15, 0.2) is 0 Å². The molecule has 2 aliphatic heterocycles. The van der Waals surface area contributed by atoms with E-state index in [1.165, 1.54) is 4.90 Å². The summed E-state index contributed by atoms with van der Waals surface area (Å²) in [6.45, 7) is 10.2. The van der Waals surface area contributed by atoms with Gasteiger partial charge in [0.25, 0.3) is 5.91 Å². The summed E-state index contributed by atoms with van der Waals surface area (Å²) in [4.78, 5) is 40.1. The molecule has 2 aliphatic rings. The van der Waals surface area contributed by atoms with E-state index in [1.807, 2.05) is 13.8 Å². The summed E-state index contributed by atoms with van der Waals surface area (Å²) >= 11 is 0. The van der Waals surface area contributed by atoms with Gasteiger partial charge in [-0.05, 0) is 27.7 Å². The summed E-state index contributed by atoms with van der Waals surface area (Å²) in [5.41, 5.74) is -1.76. The van der Waals surface area contributed by atoms with Crippen molar-refractivity contribution in [2.45, 2.75) is 38.8 Å². The maximum absolute atomic E-state index is 13.0. The molecule has 2 fully saturated rings. The van der Waals surface area contributed by atoms with Crippen LogP contribution in [0.3, 0.4) is 0 Å². The topological polar surface area (TPSA) is 81.8 Å². The van der Waals surface area contributed by atoms with Crippen LogP contribution in [0.1, 0.15) is 27.7 Å². The molecule has 21 heavy (non-hydrogen) atoms. The number of carbonyl (C=O) groups is 3. The summed E-state index contributed by atoms with van der Waals surface area (Å²) < 4.78 is 0. The summed E-state index contributed by atoms with van der Waals surface area (Å²) in [5.74, 6) is -1.04. The van der Waals surface area contributed by atoms with E-state index < -0.39 is 22.9 Å². The number of amides is 3. The second kappa shape index (κ2) is 5.38. The zero-order valence-electron chi connectivity index (χ0n) is 13.2. The molecule has 0 atom stereocenters. The number of rotatable bonds is 2. The van der Waals surface area contributed by atoms with Crippen molar-refractivity contribution in [1.82, 2.24) is 20.4 Å². The fraction of sp³-hybridized carbons (Fsp3) is 0.786. The maximum atomic E-state index is 13.0. The summed E-state index contributed by atoms with van der Waals surface area (Å²) in [7, 11) is 0. The number of hydrogen-bond donors (Lipinski definition) is 2. The van der Waals surface area contributed by atoms with Gasteiger partial charge in [0, 0.05) is 26.2 Å². The monoisotopic (exact) mass is 296 g/mol. The van der Waals surface area contributed by atoms with Gasteiger partial charge in [-0.3, -0.25) is 24.6 Å². The molecule has 7 nitrogen and oxygen atoms in total. The van der Waals surface area contributed by atoms with Crippen molar-refractivity contribution in [3.05, 3.63) is 0 Å². The Hall–Kier alpha value is -1.47. The second-order valence-electron chi connectivity index (χ2n) is 6.62. The predicted octanol–water partition coefficient (Wildman–Crippen LogP) is -1.07. The van der Waals surface area contributed by atoms with Gasteiger partial charge in [0.2, 0.25) is 11.8 Å². The normalized spacial score (nSPS) is 23.9. The van der Waals surface area contributed by atoms with Gasteiger partial charge < -0.3 is 10.2 Å². The molecular formula is C14H24N4O3. The van der Waals surface area contributed by atoms with Crippen molar-refractivity contribution in [3.63, 3.8) is 0 Å². The molecule has 118 valence electrons. The van der Waals surface area contributed by atoms with Gasteiger partial charge in [-0.2, -0.15) is 0 Å². The molecule has 7 heteroatoms. The third-order valence-corrected chi connectivity index (χ3v) is 4.46. The van der Waals surface area contributed by atoms with E-state index in [1.54, 1.807) is 13.8 Å². The molecule has 0 spiro atoms. The highest BCUT2D eigenvalue weighted by Crippen LogP contribution is 2.25. The van der Waals surface area contributed by atoms with Crippen LogP contribution in [0.2, 0.25) is 0 Å². The molecule has 2 saturated heterocycles. The van der Waals surface area contributed by atoms with Crippen LogP contribution in [0.15, 0.2) is 0 Å². The molecule has 0 aliphatic carbocycles. The van der Waals surface area contributed by atoms with Gasteiger partial charge in [-0.25, -0.2) is 0 Å². The number of hydrogen-bond acceptors (Lipinski definition) is 5. The van der Waals surface area contributed by atoms with E-state index in [2.05, 4.69) is 15.5 Å². The third-order valence-electron chi connectivity index (χ3n) is 4.46. The molecule has 0 aromatic rings. The van der Waals surface area contributed by atoms with Crippen LogP contribution in [0.4, 0.5) is 0 Å². The van der Waals surface area contributed by atoms with Gasteiger partial charge in [0.1, 0.15) is 12.1 Å². The summed E-state index contributed by atoms with van der Waals surface area (Å²) in [5, 5.41) is 5.54. The average Bonchev–Trinajstić information content (AvgIpc) is 2.43. The third kappa shape index (κ3) is 2.80. The number of piperazine rings is 2. The van der Waals surface area contributed by atoms with Gasteiger partial charge in [-0.15, -0.1) is 0 Å². The first-order valence-electron chi connectivity index (χ1n) is 7.29. The van der Waals surface area contributed by atoms with E-state index in [0.29, 0.717) is 0 Å². The van der Waals surface area contributed by atoms with Crippen LogP contribution in [0, 0.1) is 0 Å². The van der Waals surface area contributed by atoms with Crippen molar-refractivity contribution in [2.75, 3.05) is 32.7 Å². The molecular weight excluding hydrogens is 272 g/mol. The van der Waals surface area contributed by atoms with Crippen LogP contribution in [0.5, 0.6) is 0 Å². The minimum Gasteiger partial charge on any atom is -0.318 e. The standard InChI is InChI=1S/C14H24N4O3/c1-13(2)11(20)16-10(19)9-18(13)12(21)14(3,4)17-7-5-15-6-8-17/h15H,5-9H2,1-4H3,(H,16,19,20). The Balaban J connectivity index is 2.24. The van der Waals surface area contributed by atoms with E-state index in [-0.39, 0.29) is 12.5 Å². The summed E-state index contributed by atoms with van der Waals surface area (Å²) in [6.07, 6.45) is 0. The second-order valence-corrected chi connectivity index (χ2v) is 6.62. The molecule has 0 aromatic carbocycles. The Morgan fingerprint density at radius 3 is 2.33 bits per heavy atom. The van der Waals surface area contributed by atoms with Crippen molar-refractivity contribution in [2.24, 2.45) is 0 Å². The Bertz CT molecular complexity index is 467. The van der Waals surface area contributed by atoms with Crippen LogP contribution in [0.25, 0.3) is 0 Å². The highest BCUT2D eigenvalue weighted by Gasteiger charge is 2.48. The molecule has 2 heterocycles. The largest absolute Gasteiger partial charge is 0.318 e. The van der Waals surface area contributed by atoms with Gasteiger partial charge in [-0.1, -0.05) is 0 Å². The van der Waals surface area contributed by atoms with E-state index >= 15 is 0 Å². The smallest absolute Gasteiger partial charge is 0.252 e. The number of carbonyl (C=O) groups excluding carboxylic acids is 3. The van der Waals surface area contributed by atoms with Crippen LogP contribution >= 0.6 is 0 Å². The first kappa shape index (κ1) is 15.9. The van der Waals surface area contributed by atoms with Crippen LogP contribution in [-0.4, -0.2) is 71.3 Å². The highest BCUT2D eigenvalue weighted by atomic mass is 16.2. The molecule has 0 bridgehead atoms. The lowest BCUT2D eigenvalue weighted by Crippen LogP contribution is -2.70. The molecule has 2 rings (SSSR count). The molecule has 0 unspecified atom stereocenters. The molecule has 2 N–H and O–H groups in total. The lowest BCUT2D eigenvalue weighted by molar-refractivity contribution is -0.161. The Morgan fingerprint density at radius 2 is 1.76 bits per heavy atom. The van der Waals surface area contributed by atoms with Crippen LogP contribution in [-0.2, 0) is 14.4 Å². The van der Waals surface area contributed by atoms with Gasteiger partial charge >= 0.3 is 0 Å². The van der Waals surface area contributed by atoms with Crippen LogP contribution < -0.4 is 10.6 Å². The number of nitrogens with one attached hydrogen (secondary N) is 2.